The van der Waals surface area contributed by atoms with E-state index in [1.807, 2.05) is 0 Å². The van der Waals surface area contributed by atoms with Gasteiger partial charge in [-0.15, -0.1) is 0 Å². The van der Waals surface area contributed by atoms with E-state index in [0.29, 0.717) is 0 Å². The molecule has 0 amide bonds. The van der Waals surface area contributed by atoms with E-state index >= 15 is 0 Å². The van der Waals surface area contributed by atoms with Gasteiger partial charge in [0.05, 0.1) is 0 Å². The Morgan fingerprint density at radius 3 is 1.85 bits per heavy atom. The zero-order chi connectivity index (χ0) is 10.7. The van der Waals surface area contributed by atoms with Gasteiger partial charge in [0, 0.05) is 0 Å². The van der Waals surface area contributed by atoms with Crippen molar-refractivity contribution in [2.75, 3.05) is 0 Å². The van der Waals surface area contributed by atoms with Gasteiger partial charge in [-0.1, -0.05) is 6.58 Å². The van der Waals surface area contributed by atoms with Gasteiger partial charge in [-0.2, -0.15) is 0 Å². The van der Waals surface area contributed by atoms with Crippen LogP contribution in [0.5, 0.6) is 0 Å². The molecule has 0 aromatic carbocycles. The summed E-state index contributed by atoms with van der Waals surface area (Å²) in [6, 6.07) is 0. The molecule has 13 heavy (non-hydrogen) atoms. The number of hydrogen-bond acceptors (Lipinski definition) is 2. The van der Waals surface area contributed by atoms with Crippen LogP contribution in [0.3, 0.4) is 0 Å². The first-order chi connectivity index (χ1) is 5.64. The summed E-state index contributed by atoms with van der Waals surface area (Å²) < 4.78 is 10.3. The monoisotopic (exact) mass is 215 g/mol. The predicted molar refractivity (Wildman–Crippen MR) is 65.4 cm³/mol. The van der Waals surface area contributed by atoms with E-state index in [4.69, 9.17) is 4.43 Å². The van der Waals surface area contributed by atoms with Crippen molar-refractivity contribution in [1.82, 2.24) is 0 Å². The van der Waals surface area contributed by atoms with Gasteiger partial charge >= 0.3 is 0 Å². The highest BCUT2D eigenvalue weighted by atomic mass is 28.4. The van der Waals surface area contributed by atoms with Gasteiger partial charge in [-0.3, -0.25) is 4.66 Å². The van der Waals surface area contributed by atoms with Crippen LogP contribution < -0.4 is 0 Å². The zero-order valence-electron chi connectivity index (χ0n) is 9.64. The first-order valence-electron chi connectivity index (χ1n) is 4.55. The third-order valence-corrected chi connectivity index (χ3v) is 2.74. The number of rotatable bonds is 3. The lowest BCUT2D eigenvalue weighted by Gasteiger charge is -2.21. The third-order valence-electron chi connectivity index (χ3n) is 1.03. The molecule has 0 aromatic rings. The van der Waals surface area contributed by atoms with Crippen molar-refractivity contribution in [2.45, 2.75) is 39.3 Å². The second kappa shape index (κ2) is 4.24. The highest BCUT2D eigenvalue weighted by Gasteiger charge is 2.19. The van der Waals surface area contributed by atoms with Crippen LogP contribution in [0, 0.1) is 0 Å². The fourth-order valence-corrected chi connectivity index (χ4v) is 2.40. The van der Waals surface area contributed by atoms with E-state index in [9.17, 15) is 0 Å². The van der Waals surface area contributed by atoms with Gasteiger partial charge in [-0.25, -0.2) is 0 Å². The topological polar surface area (TPSA) is 21.6 Å². The van der Waals surface area contributed by atoms with Crippen molar-refractivity contribution < 1.29 is 4.43 Å². The maximum atomic E-state index is 5.77. The van der Waals surface area contributed by atoms with Crippen molar-refractivity contribution in [2.24, 2.45) is 4.66 Å². The lowest BCUT2D eigenvalue weighted by Crippen LogP contribution is -2.30. The Labute approximate surface area is 83.9 Å². The molecule has 0 bridgehead atoms. The fourth-order valence-electron chi connectivity index (χ4n) is 0.754. The summed E-state index contributed by atoms with van der Waals surface area (Å²) in [7, 11) is -2.95. The van der Waals surface area contributed by atoms with E-state index < -0.39 is 16.6 Å². The van der Waals surface area contributed by atoms with Crippen molar-refractivity contribution in [3.8, 4) is 0 Å². The van der Waals surface area contributed by atoms with Crippen molar-refractivity contribution in [3.05, 3.63) is 12.7 Å². The van der Waals surface area contributed by atoms with E-state index in [-0.39, 0.29) is 0 Å². The largest absolute Gasteiger partial charge is 0.532 e. The molecule has 0 spiro atoms. The molecular weight excluding hydrogens is 194 g/mol. The molecule has 0 fully saturated rings. The SMILES string of the molecule is C=C/C(=N\[Si](C)(C)C)O[Si](C)(C)C. The summed E-state index contributed by atoms with van der Waals surface area (Å²) in [5, 5.41) is 0. The minimum atomic E-state index is -1.52. The molecule has 0 aliphatic rings. The second-order valence-corrected chi connectivity index (χ2v) is 14.0. The minimum absolute atomic E-state index is 0.735. The Morgan fingerprint density at radius 2 is 1.62 bits per heavy atom. The van der Waals surface area contributed by atoms with E-state index in [0.717, 1.165) is 5.90 Å². The van der Waals surface area contributed by atoms with Gasteiger partial charge in [-0.05, 0) is 45.4 Å². The molecule has 0 aliphatic heterocycles. The van der Waals surface area contributed by atoms with Crippen LogP contribution in [0.2, 0.25) is 39.3 Å². The number of hydrogen-bond donors (Lipinski definition) is 0. The molecule has 0 unspecified atom stereocenters. The predicted octanol–water partition coefficient (Wildman–Crippen LogP) is 3.26. The van der Waals surface area contributed by atoms with E-state index in [1.165, 1.54) is 0 Å². The molecule has 2 nitrogen and oxygen atoms in total. The smallest absolute Gasteiger partial charge is 0.244 e. The van der Waals surface area contributed by atoms with E-state index in [1.54, 1.807) is 6.08 Å². The second-order valence-electron chi connectivity index (χ2n) is 5.04. The summed E-state index contributed by atoms with van der Waals surface area (Å²) in [4.78, 5) is 0. The van der Waals surface area contributed by atoms with Crippen molar-refractivity contribution in [1.29, 1.82) is 0 Å². The molecule has 0 saturated heterocycles. The molecule has 0 atom stereocenters. The summed E-state index contributed by atoms with van der Waals surface area (Å²) in [5.41, 5.74) is 0. The van der Waals surface area contributed by atoms with Crippen molar-refractivity contribution >= 4 is 22.5 Å². The van der Waals surface area contributed by atoms with Gasteiger partial charge in [0.1, 0.15) is 0 Å². The van der Waals surface area contributed by atoms with Crippen LogP contribution in [-0.2, 0) is 4.43 Å². The van der Waals surface area contributed by atoms with Crippen LogP contribution in [0.15, 0.2) is 17.3 Å². The first kappa shape index (κ1) is 12.6. The molecule has 76 valence electrons. The summed E-state index contributed by atoms with van der Waals surface area (Å²) >= 11 is 0. The highest BCUT2D eigenvalue weighted by molar-refractivity contribution is 6.76. The van der Waals surface area contributed by atoms with Crippen LogP contribution in [0.25, 0.3) is 0 Å². The maximum absolute atomic E-state index is 5.77. The average Bonchev–Trinajstić information content (AvgIpc) is 1.79. The summed E-state index contributed by atoms with van der Waals surface area (Å²) in [5.74, 6) is 0.735. The molecule has 0 aromatic heterocycles. The lowest BCUT2D eigenvalue weighted by molar-refractivity contribution is 0.558. The molecule has 0 saturated carbocycles. The Kier molecular flexibility index (Phi) is 4.12. The lowest BCUT2D eigenvalue weighted by atomic mass is 10.7. The Morgan fingerprint density at radius 1 is 1.15 bits per heavy atom. The Bertz CT molecular complexity index is 211. The molecule has 0 N–H and O–H groups in total. The first-order valence-corrected chi connectivity index (χ1v) is 11.4. The minimum Gasteiger partial charge on any atom is -0.532 e. The highest BCUT2D eigenvalue weighted by Crippen LogP contribution is 2.08. The van der Waals surface area contributed by atoms with Crippen LogP contribution >= 0.6 is 0 Å². The van der Waals surface area contributed by atoms with Gasteiger partial charge < -0.3 is 4.43 Å². The standard InChI is InChI=1S/C9H21NOSi2/c1-8-9(10-12(2,3)4)11-13(5,6)7/h8H,1H2,2-7H3/b10-9+. The summed E-state index contributed by atoms with van der Waals surface area (Å²) in [6.07, 6.45) is 1.72. The fraction of sp³-hybridized carbons (Fsp3) is 0.667. The molecule has 0 rings (SSSR count). The Hall–Kier alpha value is -0.356. The molecule has 0 aliphatic carbocycles. The Balaban J connectivity index is 4.54. The average molecular weight is 215 g/mol. The molecule has 4 heteroatoms. The third kappa shape index (κ3) is 7.99. The van der Waals surface area contributed by atoms with Gasteiger partial charge in [0.25, 0.3) is 0 Å². The van der Waals surface area contributed by atoms with Gasteiger partial charge in [0.2, 0.25) is 8.32 Å². The van der Waals surface area contributed by atoms with Crippen LogP contribution in [0.4, 0.5) is 0 Å². The molecule has 0 radical (unpaired) electrons. The van der Waals surface area contributed by atoms with Gasteiger partial charge in [0.15, 0.2) is 14.1 Å². The summed E-state index contributed by atoms with van der Waals surface area (Å²) in [6.45, 7) is 16.7. The quantitative estimate of drug-likeness (QED) is 0.402. The van der Waals surface area contributed by atoms with Crippen molar-refractivity contribution in [3.63, 3.8) is 0 Å². The maximum Gasteiger partial charge on any atom is 0.244 e. The molecule has 0 heterocycles. The van der Waals surface area contributed by atoms with Crippen LogP contribution in [0.1, 0.15) is 0 Å². The zero-order valence-corrected chi connectivity index (χ0v) is 11.6. The van der Waals surface area contributed by atoms with Crippen LogP contribution in [-0.4, -0.2) is 22.5 Å². The normalized spacial score (nSPS) is 14.2. The number of nitrogens with zero attached hydrogens (tertiary/aromatic N) is 1. The van der Waals surface area contributed by atoms with E-state index in [2.05, 4.69) is 50.5 Å². The molecular formula is C9H21NOSi2.